The van der Waals surface area contributed by atoms with E-state index in [4.69, 9.17) is 28.4 Å². The minimum atomic E-state index is -0.902. The number of fused-ring (bicyclic) bond motifs is 1. The normalized spacial score (nSPS) is 15.1. The van der Waals surface area contributed by atoms with Crippen LogP contribution in [0.2, 0.25) is 0 Å². The van der Waals surface area contributed by atoms with E-state index in [1.165, 1.54) is 19.3 Å². The van der Waals surface area contributed by atoms with Gasteiger partial charge in [-0.05, 0) is 67.4 Å². The highest BCUT2D eigenvalue weighted by atomic mass is 79.9. The van der Waals surface area contributed by atoms with E-state index in [1.54, 1.807) is 31.2 Å². The fourth-order valence-electron chi connectivity index (χ4n) is 4.36. The maximum atomic E-state index is 13.6. The number of anilines is 1. The highest BCUT2D eigenvalue weighted by Crippen LogP contribution is 2.38. The summed E-state index contributed by atoms with van der Waals surface area (Å²) in [7, 11) is 1.48. The van der Waals surface area contributed by atoms with E-state index in [2.05, 4.69) is 21.2 Å². The van der Waals surface area contributed by atoms with Crippen LogP contribution in [0.4, 0.5) is 10.5 Å². The molecule has 2 aliphatic heterocycles. The van der Waals surface area contributed by atoms with Crippen molar-refractivity contribution in [3.8, 4) is 34.5 Å². The Hall–Kier alpha value is -4.71. The lowest BCUT2D eigenvalue weighted by Gasteiger charge is -2.28. The highest BCUT2D eigenvalue weighted by molar-refractivity contribution is 9.10. The van der Waals surface area contributed by atoms with Crippen molar-refractivity contribution in [3.63, 3.8) is 0 Å². The first-order chi connectivity index (χ1) is 20.3. The number of imide groups is 2. The molecule has 12 heteroatoms. The summed E-state index contributed by atoms with van der Waals surface area (Å²) in [6.07, 6.45) is 1.37. The average molecular weight is 639 g/mol. The number of amides is 4. The number of urea groups is 1. The Bertz CT molecular complexity index is 1590. The van der Waals surface area contributed by atoms with Crippen molar-refractivity contribution in [2.45, 2.75) is 20.5 Å². The van der Waals surface area contributed by atoms with E-state index >= 15 is 0 Å². The molecule has 0 aliphatic carbocycles. The Morgan fingerprint density at radius 2 is 1.69 bits per heavy atom. The third kappa shape index (κ3) is 5.84. The van der Waals surface area contributed by atoms with E-state index < -0.39 is 17.8 Å². The standard InChI is InChI=1S/C30H27BrN2O9/c1-4-38-19-7-9-23(39-5-2)22(13-19)33-29(35)20(28(34)32-30(33)36)11-18-12-25(37-3)27(14-21(18)31)40-15-17-6-8-24-26(10-17)42-16-41-24/h6-14H,4-5,15-16H2,1-3H3,(H,32,34,36)/b20-11+. The van der Waals surface area contributed by atoms with Crippen LogP contribution in [-0.2, 0) is 16.2 Å². The van der Waals surface area contributed by atoms with Gasteiger partial charge in [0.25, 0.3) is 11.8 Å². The van der Waals surface area contributed by atoms with Crippen LogP contribution >= 0.6 is 15.9 Å². The van der Waals surface area contributed by atoms with Crippen LogP contribution in [0.25, 0.3) is 6.08 Å². The maximum absolute atomic E-state index is 13.6. The number of nitrogens with one attached hydrogen (secondary N) is 1. The van der Waals surface area contributed by atoms with Crippen LogP contribution in [0, 0.1) is 0 Å². The van der Waals surface area contributed by atoms with Gasteiger partial charge in [-0.3, -0.25) is 14.9 Å². The SMILES string of the molecule is CCOc1ccc(OCC)c(N2C(=O)NC(=O)/C(=C\c3cc(OC)c(OCc4ccc5c(c4)OCO5)cc3Br)C2=O)c1. The molecule has 1 fully saturated rings. The highest BCUT2D eigenvalue weighted by Gasteiger charge is 2.38. The van der Waals surface area contributed by atoms with Gasteiger partial charge in [-0.25, -0.2) is 9.69 Å². The number of rotatable bonds is 10. The lowest BCUT2D eigenvalue weighted by atomic mass is 10.1. The number of ether oxygens (including phenoxy) is 6. The van der Waals surface area contributed by atoms with Crippen molar-refractivity contribution in [2.24, 2.45) is 0 Å². The molecule has 218 valence electrons. The molecule has 2 heterocycles. The van der Waals surface area contributed by atoms with E-state index in [-0.39, 0.29) is 30.4 Å². The minimum Gasteiger partial charge on any atom is -0.494 e. The van der Waals surface area contributed by atoms with E-state index in [1.807, 2.05) is 25.1 Å². The summed E-state index contributed by atoms with van der Waals surface area (Å²) in [5.74, 6) is 1.16. The fraction of sp³-hybridized carbons (Fsp3) is 0.233. The number of carbonyl (C=O) groups excluding carboxylic acids is 3. The van der Waals surface area contributed by atoms with Crippen molar-refractivity contribution in [3.05, 3.63) is 69.7 Å². The number of halogens is 1. The van der Waals surface area contributed by atoms with Gasteiger partial charge < -0.3 is 28.4 Å². The molecule has 0 aromatic heterocycles. The van der Waals surface area contributed by atoms with Gasteiger partial charge in [-0.2, -0.15) is 0 Å². The van der Waals surface area contributed by atoms with Gasteiger partial charge in [0.1, 0.15) is 23.7 Å². The second-order valence-corrected chi connectivity index (χ2v) is 9.81. The number of hydrogen-bond acceptors (Lipinski definition) is 9. The Morgan fingerprint density at radius 3 is 2.45 bits per heavy atom. The second kappa shape index (κ2) is 12.4. The van der Waals surface area contributed by atoms with Crippen molar-refractivity contribution >= 4 is 45.5 Å². The van der Waals surface area contributed by atoms with Gasteiger partial charge >= 0.3 is 6.03 Å². The third-order valence-corrected chi connectivity index (χ3v) is 6.98. The smallest absolute Gasteiger partial charge is 0.336 e. The van der Waals surface area contributed by atoms with Crippen molar-refractivity contribution in [1.82, 2.24) is 5.32 Å². The molecule has 1 saturated heterocycles. The lowest BCUT2D eigenvalue weighted by Crippen LogP contribution is -2.54. The van der Waals surface area contributed by atoms with Gasteiger partial charge in [0, 0.05) is 10.5 Å². The number of benzene rings is 3. The van der Waals surface area contributed by atoms with Crippen LogP contribution in [0.3, 0.4) is 0 Å². The number of hydrogen-bond donors (Lipinski definition) is 1. The molecule has 3 aromatic carbocycles. The molecule has 0 unspecified atom stereocenters. The molecule has 11 nitrogen and oxygen atoms in total. The summed E-state index contributed by atoms with van der Waals surface area (Å²) in [5.41, 5.74) is 1.18. The van der Waals surface area contributed by atoms with E-state index in [0.717, 1.165) is 10.5 Å². The zero-order valence-corrected chi connectivity index (χ0v) is 24.6. The van der Waals surface area contributed by atoms with Gasteiger partial charge in [0.2, 0.25) is 6.79 Å². The molecular formula is C30H27BrN2O9. The number of barbiturate groups is 1. The van der Waals surface area contributed by atoms with Crippen molar-refractivity contribution in [2.75, 3.05) is 32.0 Å². The molecule has 4 amide bonds. The maximum Gasteiger partial charge on any atom is 0.336 e. The molecule has 5 rings (SSSR count). The number of methoxy groups -OCH3 is 1. The Labute approximate surface area is 250 Å². The minimum absolute atomic E-state index is 0.146. The predicted octanol–water partition coefficient (Wildman–Crippen LogP) is 5.23. The molecule has 0 bridgehead atoms. The van der Waals surface area contributed by atoms with Gasteiger partial charge in [0.15, 0.2) is 23.0 Å². The zero-order valence-electron chi connectivity index (χ0n) is 23.0. The number of nitrogens with zero attached hydrogens (tertiary/aromatic N) is 1. The first-order valence-electron chi connectivity index (χ1n) is 13.0. The van der Waals surface area contributed by atoms with Crippen LogP contribution in [-0.4, -0.2) is 45.0 Å². The Balaban J connectivity index is 1.44. The quantitative estimate of drug-likeness (QED) is 0.235. The van der Waals surface area contributed by atoms with Gasteiger partial charge in [0.05, 0.1) is 26.0 Å². The largest absolute Gasteiger partial charge is 0.494 e. The molecule has 0 radical (unpaired) electrons. The van der Waals surface area contributed by atoms with Crippen LogP contribution < -0.4 is 38.6 Å². The van der Waals surface area contributed by atoms with Crippen molar-refractivity contribution < 1.29 is 42.8 Å². The van der Waals surface area contributed by atoms with Gasteiger partial charge in [-0.1, -0.05) is 22.0 Å². The molecule has 1 N–H and O–H groups in total. The molecule has 0 saturated carbocycles. The van der Waals surface area contributed by atoms with Crippen LogP contribution in [0.1, 0.15) is 25.0 Å². The molecule has 0 atom stereocenters. The summed E-state index contributed by atoms with van der Waals surface area (Å²) in [4.78, 5) is 40.2. The first-order valence-corrected chi connectivity index (χ1v) is 13.8. The van der Waals surface area contributed by atoms with Gasteiger partial charge in [-0.15, -0.1) is 0 Å². The summed E-state index contributed by atoms with van der Waals surface area (Å²) >= 11 is 3.50. The molecule has 0 spiro atoms. The first kappa shape index (κ1) is 28.8. The van der Waals surface area contributed by atoms with E-state index in [9.17, 15) is 14.4 Å². The lowest BCUT2D eigenvalue weighted by molar-refractivity contribution is -0.122. The summed E-state index contributed by atoms with van der Waals surface area (Å²) in [6, 6.07) is 12.7. The van der Waals surface area contributed by atoms with Crippen molar-refractivity contribution in [1.29, 1.82) is 0 Å². The van der Waals surface area contributed by atoms with E-state index in [0.29, 0.717) is 52.0 Å². The topological polar surface area (TPSA) is 122 Å². The summed E-state index contributed by atoms with van der Waals surface area (Å²) in [6.45, 7) is 4.67. The Kier molecular flexibility index (Phi) is 8.53. The number of carbonyl (C=O) groups is 3. The summed E-state index contributed by atoms with van der Waals surface area (Å²) in [5, 5.41) is 2.24. The fourth-order valence-corrected chi connectivity index (χ4v) is 4.80. The monoisotopic (exact) mass is 638 g/mol. The molecule has 42 heavy (non-hydrogen) atoms. The predicted molar refractivity (Wildman–Crippen MR) is 155 cm³/mol. The zero-order chi connectivity index (χ0) is 29.8. The second-order valence-electron chi connectivity index (χ2n) is 8.95. The summed E-state index contributed by atoms with van der Waals surface area (Å²) < 4.78 is 34.0. The van der Waals surface area contributed by atoms with Crippen LogP contribution in [0.5, 0.6) is 34.5 Å². The molecule has 3 aromatic rings. The molecular weight excluding hydrogens is 612 g/mol. The third-order valence-electron chi connectivity index (χ3n) is 6.30. The van der Waals surface area contributed by atoms with Crippen LogP contribution in [0.15, 0.2) is 58.6 Å². The average Bonchev–Trinajstić information content (AvgIpc) is 3.44. The Morgan fingerprint density at radius 1 is 0.905 bits per heavy atom. The molecule has 2 aliphatic rings.